The van der Waals surface area contributed by atoms with Gasteiger partial charge in [-0.25, -0.2) is 4.98 Å². The van der Waals surface area contributed by atoms with Crippen LogP contribution in [0.25, 0.3) is 22.6 Å². The Morgan fingerprint density at radius 1 is 0.481 bits per heavy atom. The first kappa shape index (κ1) is 37.2. The van der Waals surface area contributed by atoms with E-state index >= 15 is 0 Å². The Morgan fingerprint density at radius 2 is 0.907 bits per heavy atom. The molecule has 0 aliphatic heterocycles. The number of rotatable bonds is 11. The molecule has 54 heavy (non-hydrogen) atoms. The molecule has 0 radical (unpaired) electrons. The summed E-state index contributed by atoms with van der Waals surface area (Å²) in [6, 6.07) is 59.7. The third-order valence-corrected chi connectivity index (χ3v) is 18.6. The van der Waals surface area contributed by atoms with E-state index in [0.717, 1.165) is 34.1 Å². The van der Waals surface area contributed by atoms with Crippen molar-refractivity contribution in [2.75, 3.05) is 5.94 Å². The SMILES string of the molecule is CC(C)(C)S(COc1ccc(-c2cnc(-c3ccc(OS(c4ccccc4)(c4ccccc4)C(C)(C)C)cc3)[nH]2)cc1)(c1ccccc1)c1ccccc1. The molecular formula is C48H50N2O2S2. The van der Waals surface area contributed by atoms with Crippen LogP contribution in [0.15, 0.2) is 196 Å². The first-order valence-electron chi connectivity index (χ1n) is 18.4. The topological polar surface area (TPSA) is 47.1 Å². The van der Waals surface area contributed by atoms with E-state index in [9.17, 15) is 0 Å². The summed E-state index contributed by atoms with van der Waals surface area (Å²) in [6.07, 6.45) is 1.90. The van der Waals surface area contributed by atoms with Gasteiger partial charge in [-0.05, 0) is 143 Å². The van der Waals surface area contributed by atoms with Crippen LogP contribution in [0.4, 0.5) is 0 Å². The molecule has 6 aromatic carbocycles. The summed E-state index contributed by atoms with van der Waals surface area (Å²) in [5.74, 6) is 3.08. The van der Waals surface area contributed by atoms with Crippen molar-refractivity contribution in [1.82, 2.24) is 9.97 Å². The smallest absolute Gasteiger partial charge is 0.137 e. The van der Waals surface area contributed by atoms with Crippen LogP contribution in [0, 0.1) is 0 Å². The monoisotopic (exact) mass is 750 g/mol. The van der Waals surface area contributed by atoms with Crippen molar-refractivity contribution in [3.63, 3.8) is 0 Å². The first-order chi connectivity index (χ1) is 26.0. The van der Waals surface area contributed by atoms with Crippen LogP contribution in [0.3, 0.4) is 0 Å². The summed E-state index contributed by atoms with van der Waals surface area (Å²) >= 11 is 0. The van der Waals surface area contributed by atoms with Crippen LogP contribution in [-0.2, 0) is 0 Å². The lowest BCUT2D eigenvalue weighted by molar-refractivity contribution is 0.385. The molecule has 0 aliphatic rings. The Labute approximate surface area is 324 Å². The maximum Gasteiger partial charge on any atom is 0.137 e. The predicted molar refractivity (Wildman–Crippen MR) is 229 cm³/mol. The molecule has 0 saturated carbocycles. The van der Waals surface area contributed by atoms with Gasteiger partial charge in [-0.3, -0.25) is 0 Å². The third kappa shape index (κ3) is 7.21. The molecule has 0 saturated heterocycles. The Balaban J connectivity index is 1.10. The Morgan fingerprint density at radius 3 is 1.35 bits per heavy atom. The number of ether oxygens (including phenoxy) is 1. The molecule has 0 unspecified atom stereocenters. The second-order valence-electron chi connectivity index (χ2n) is 15.3. The molecule has 0 bridgehead atoms. The van der Waals surface area contributed by atoms with Gasteiger partial charge in [0, 0.05) is 24.8 Å². The van der Waals surface area contributed by atoms with Crippen LogP contribution in [0.1, 0.15) is 41.5 Å². The highest BCUT2D eigenvalue weighted by Gasteiger charge is 2.43. The fraction of sp³-hybridized carbons (Fsp3) is 0.188. The summed E-state index contributed by atoms with van der Waals surface area (Å²) in [4.78, 5) is 13.4. The molecular weight excluding hydrogens is 701 g/mol. The van der Waals surface area contributed by atoms with Crippen LogP contribution in [0.2, 0.25) is 0 Å². The molecule has 0 amide bonds. The molecule has 0 fully saturated rings. The van der Waals surface area contributed by atoms with Crippen LogP contribution in [0.5, 0.6) is 11.5 Å². The van der Waals surface area contributed by atoms with E-state index in [4.69, 9.17) is 13.9 Å². The maximum atomic E-state index is 7.17. The van der Waals surface area contributed by atoms with Crippen molar-refractivity contribution in [3.05, 3.63) is 176 Å². The number of aromatic nitrogens is 2. The number of hydrogen-bond acceptors (Lipinski definition) is 3. The average Bonchev–Trinajstić information content (AvgIpc) is 3.69. The van der Waals surface area contributed by atoms with E-state index in [1.807, 2.05) is 6.20 Å². The molecule has 6 heteroatoms. The number of nitrogens with one attached hydrogen (secondary N) is 1. The number of H-pyrrole nitrogens is 1. The van der Waals surface area contributed by atoms with Crippen LogP contribution in [-0.4, -0.2) is 25.4 Å². The average molecular weight is 751 g/mol. The number of nitrogens with zero attached hydrogens (tertiary/aromatic N) is 1. The molecule has 1 aromatic heterocycles. The van der Waals surface area contributed by atoms with Crippen molar-refractivity contribution in [3.8, 4) is 34.1 Å². The van der Waals surface area contributed by atoms with Crippen molar-refractivity contribution in [1.29, 1.82) is 0 Å². The molecule has 276 valence electrons. The van der Waals surface area contributed by atoms with Crippen molar-refractivity contribution in [2.45, 2.75) is 70.6 Å². The second kappa shape index (κ2) is 15.3. The predicted octanol–water partition coefficient (Wildman–Crippen LogP) is 13.8. The van der Waals surface area contributed by atoms with E-state index in [-0.39, 0.29) is 9.49 Å². The summed E-state index contributed by atoms with van der Waals surface area (Å²) in [5.41, 5.74) is 2.99. The van der Waals surface area contributed by atoms with Gasteiger partial charge >= 0.3 is 0 Å². The summed E-state index contributed by atoms with van der Waals surface area (Å²) in [5, 5.41) is 0. The van der Waals surface area contributed by atoms with Crippen LogP contribution < -0.4 is 8.92 Å². The number of aromatic amines is 1. The number of benzene rings is 6. The van der Waals surface area contributed by atoms with Gasteiger partial charge in [0.25, 0.3) is 0 Å². The summed E-state index contributed by atoms with van der Waals surface area (Å²) in [7, 11) is -3.47. The standard InChI is InChI=1S/C48H50N2O2S2/c1-47(2,3)53(41-19-11-7-12-20-41,42-21-13-8-14-22-42)36-51-39-31-27-37(28-32-39)45-35-49-46(50-45)38-29-33-40(34-30-38)52-54(48(4,5)6,43-23-15-9-16-24-43)44-25-17-10-18-26-44/h7-35H,36H2,1-6H3,(H,49,50). The van der Waals surface area contributed by atoms with Crippen molar-refractivity contribution >= 4 is 20.3 Å². The fourth-order valence-electron chi connectivity index (χ4n) is 7.06. The lowest BCUT2D eigenvalue weighted by atomic mass is 10.1. The van der Waals surface area contributed by atoms with Crippen LogP contribution >= 0.6 is 20.3 Å². The zero-order valence-corrected chi connectivity index (χ0v) is 33.7. The zero-order valence-electron chi connectivity index (χ0n) is 32.0. The van der Waals surface area contributed by atoms with Gasteiger partial charge in [0.2, 0.25) is 0 Å². The normalized spacial score (nSPS) is 12.9. The highest BCUT2D eigenvalue weighted by Crippen LogP contribution is 2.71. The fourth-order valence-corrected chi connectivity index (χ4v) is 14.5. The van der Waals surface area contributed by atoms with Crippen molar-refractivity contribution in [2.24, 2.45) is 0 Å². The van der Waals surface area contributed by atoms with E-state index in [0.29, 0.717) is 5.94 Å². The minimum absolute atomic E-state index is 0.0348. The van der Waals surface area contributed by atoms with E-state index in [1.54, 1.807) is 0 Å². The molecule has 1 heterocycles. The zero-order chi connectivity index (χ0) is 37.8. The molecule has 1 N–H and O–H groups in total. The van der Waals surface area contributed by atoms with Gasteiger partial charge < -0.3 is 13.9 Å². The quantitative estimate of drug-likeness (QED) is 0.143. The highest BCUT2D eigenvalue weighted by atomic mass is 32.3. The molecule has 0 aliphatic carbocycles. The largest absolute Gasteiger partial charge is 0.484 e. The Hall–Kier alpha value is -5.17. The Kier molecular flexibility index (Phi) is 10.5. The minimum atomic E-state index is -1.92. The molecule has 7 aromatic rings. The highest BCUT2D eigenvalue weighted by molar-refractivity contribution is 8.34. The molecule has 0 spiro atoms. The van der Waals surface area contributed by atoms with Crippen molar-refractivity contribution < 1.29 is 8.92 Å². The molecule has 7 rings (SSSR count). The second-order valence-corrected chi connectivity index (χ2v) is 22.6. The number of imidazole rings is 1. The summed E-state index contributed by atoms with van der Waals surface area (Å²) in [6.45, 7) is 13.8. The van der Waals surface area contributed by atoms with Gasteiger partial charge in [0.15, 0.2) is 0 Å². The minimum Gasteiger partial charge on any atom is -0.484 e. The van der Waals surface area contributed by atoms with Gasteiger partial charge in [-0.1, -0.05) is 93.6 Å². The number of hydrogen-bond donors (Lipinski definition) is 1. The van der Waals surface area contributed by atoms with Gasteiger partial charge in [0.1, 0.15) is 23.3 Å². The van der Waals surface area contributed by atoms with Gasteiger partial charge in [0.05, 0.1) is 11.9 Å². The third-order valence-electron chi connectivity index (χ3n) is 9.84. The molecule has 4 nitrogen and oxygen atoms in total. The van der Waals surface area contributed by atoms with Gasteiger partial charge in [-0.2, -0.15) is 0 Å². The Bertz CT molecular complexity index is 2160. The lowest BCUT2D eigenvalue weighted by Crippen LogP contribution is -2.30. The van der Waals surface area contributed by atoms with Gasteiger partial charge in [-0.15, -0.1) is 10.0 Å². The first-order valence-corrected chi connectivity index (χ1v) is 21.8. The van der Waals surface area contributed by atoms with E-state index < -0.39 is 20.3 Å². The van der Waals surface area contributed by atoms with E-state index in [1.165, 1.54) is 19.6 Å². The summed E-state index contributed by atoms with van der Waals surface area (Å²) < 4.78 is 13.7. The van der Waals surface area contributed by atoms with E-state index in [2.05, 4.69) is 216 Å². The lowest BCUT2D eigenvalue weighted by Gasteiger charge is -2.50. The maximum absolute atomic E-state index is 7.17. The molecule has 0 atom stereocenters.